The van der Waals surface area contributed by atoms with E-state index in [0.29, 0.717) is 12.0 Å². The normalized spacial score (nSPS) is 22.0. The van der Waals surface area contributed by atoms with Gasteiger partial charge in [0.15, 0.2) is 6.61 Å². The minimum Gasteiger partial charge on any atom is -0.454 e. The monoisotopic (exact) mass is 581 g/mol. The molecule has 3 amide bonds. The molecule has 1 N–H and O–H groups in total. The van der Waals surface area contributed by atoms with Crippen molar-refractivity contribution in [2.75, 3.05) is 11.9 Å². The number of amides is 3. The zero-order valence-corrected chi connectivity index (χ0v) is 23.8. The third-order valence-electron chi connectivity index (χ3n) is 8.93. The highest BCUT2D eigenvalue weighted by Gasteiger charge is 2.63. The van der Waals surface area contributed by atoms with Crippen LogP contribution in [0, 0.1) is 28.9 Å². The molecule has 0 spiro atoms. The number of nitrogens with one attached hydrogen (secondary N) is 1. The first-order valence-corrected chi connectivity index (χ1v) is 14.5. The van der Waals surface area contributed by atoms with E-state index in [0.717, 1.165) is 33.6 Å². The molecule has 1 aliphatic heterocycles. The zero-order chi connectivity index (χ0) is 30.4. The molecule has 4 aliphatic rings. The van der Waals surface area contributed by atoms with E-state index < -0.39 is 41.3 Å². The standard InChI is InChI=1S/C33H31N3O7/c1-3-4-13-24(33(40)43-17-26(37)34-19-15-14-18(2)25(16-19)36(41)42)35-31(38)29-27-20-9-5-6-10-21(20)28(30(29)32(35)39)23-12-8-7-11-22(23)27/h5-12,14-16,24,27-30H,3-4,13,17H2,1-2H3,(H,34,37)/t24-,27?,28?,29-,30+/m1/s1. The van der Waals surface area contributed by atoms with Crippen molar-refractivity contribution < 1.29 is 28.8 Å². The number of hydrogen-bond acceptors (Lipinski definition) is 7. The Morgan fingerprint density at radius 3 is 1.95 bits per heavy atom. The second kappa shape index (κ2) is 11.1. The molecule has 3 aromatic rings. The van der Waals surface area contributed by atoms with Gasteiger partial charge in [0.25, 0.3) is 11.6 Å². The molecule has 43 heavy (non-hydrogen) atoms. The summed E-state index contributed by atoms with van der Waals surface area (Å²) in [7, 11) is 0. The van der Waals surface area contributed by atoms with Crippen molar-refractivity contribution >= 4 is 35.1 Å². The molecule has 0 aromatic heterocycles. The molecular formula is C33H31N3O7. The molecule has 2 bridgehead atoms. The Morgan fingerprint density at radius 2 is 1.47 bits per heavy atom. The van der Waals surface area contributed by atoms with Gasteiger partial charge in [-0.05, 0) is 41.7 Å². The Labute approximate surface area is 248 Å². The number of carbonyl (C=O) groups excluding carboxylic acids is 4. The number of ether oxygens (including phenoxy) is 1. The van der Waals surface area contributed by atoms with Crippen molar-refractivity contribution in [1.82, 2.24) is 4.90 Å². The number of likely N-dealkylation sites (tertiary alicyclic amines) is 1. The van der Waals surface area contributed by atoms with Gasteiger partial charge in [-0.3, -0.25) is 29.4 Å². The van der Waals surface area contributed by atoms with Gasteiger partial charge in [-0.25, -0.2) is 4.79 Å². The molecule has 0 radical (unpaired) electrons. The summed E-state index contributed by atoms with van der Waals surface area (Å²) in [6, 6.07) is 18.9. The molecule has 7 rings (SSSR count). The SMILES string of the molecule is CCCC[C@H](C(=O)OCC(=O)Nc1ccc(C)c([N+](=O)[O-])c1)N1C(=O)[C@@H]2C3c4ccccc4C(c4ccccc43)[C@@H]2C1=O. The quantitative estimate of drug-likeness (QED) is 0.165. The largest absolute Gasteiger partial charge is 0.454 e. The predicted molar refractivity (Wildman–Crippen MR) is 156 cm³/mol. The summed E-state index contributed by atoms with van der Waals surface area (Å²) in [6.07, 6.45) is 1.51. The van der Waals surface area contributed by atoms with E-state index in [1.807, 2.05) is 55.5 Å². The minimum atomic E-state index is -1.16. The number of benzene rings is 3. The average Bonchev–Trinajstić information content (AvgIpc) is 3.27. The van der Waals surface area contributed by atoms with Crippen LogP contribution in [-0.2, 0) is 23.9 Å². The number of carbonyl (C=O) groups is 4. The van der Waals surface area contributed by atoms with Gasteiger partial charge in [0, 0.05) is 29.2 Å². The Hall–Kier alpha value is -4.86. The van der Waals surface area contributed by atoms with Gasteiger partial charge >= 0.3 is 5.97 Å². The molecule has 0 saturated carbocycles. The van der Waals surface area contributed by atoms with Crippen LogP contribution in [0.2, 0.25) is 0 Å². The number of nitro benzene ring substituents is 1. The van der Waals surface area contributed by atoms with Crippen molar-refractivity contribution in [3.05, 3.63) is 105 Å². The number of esters is 1. The van der Waals surface area contributed by atoms with Crippen LogP contribution in [0.5, 0.6) is 0 Å². The van der Waals surface area contributed by atoms with Crippen LogP contribution >= 0.6 is 0 Å². The number of aryl methyl sites for hydroxylation is 1. The van der Waals surface area contributed by atoms with Crippen molar-refractivity contribution in [3.63, 3.8) is 0 Å². The van der Waals surface area contributed by atoms with E-state index in [2.05, 4.69) is 5.32 Å². The minimum absolute atomic E-state index is 0.153. The van der Waals surface area contributed by atoms with Crippen LogP contribution in [0.4, 0.5) is 11.4 Å². The van der Waals surface area contributed by atoms with E-state index >= 15 is 0 Å². The van der Waals surface area contributed by atoms with Gasteiger partial charge in [-0.2, -0.15) is 0 Å². The lowest BCUT2D eigenvalue weighted by Gasteiger charge is -2.45. The predicted octanol–water partition coefficient (Wildman–Crippen LogP) is 4.84. The van der Waals surface area contributed by atoms with Gasteiger partial charge in [-0.1, -0.05) is 74.4 Å². The Bertz CT molecular complexity index is 1550. The molecule has 3 aliphatic carbocycles. The highest BCUT2D eigenvalue weighted by Crippen LogP contribution is 2.61. The number of rotatable bonds is 9. The summed E-state index contributed by atoms with van der Waals surface area (Å²) in [5.41, 5.74) is 4.62. The van der Waals surface area contributed by atoms with Gasteiger partial charge < -0.3 is 10.1 Å². The maximum absolute atomic E-state index is 14.1. The molecule has 1 heterocycles. The lowest BCUT2D eigenvalue weighted by atomic mass is 9.55. The second-order valence-corrected chi connectivity index (χ2v) is 11.4. The summed E-state index contributed by atoms with van der Waals surface area (Å²) >= 11 is 0. The summed E-state index contributed by atoms with van der Waals surface area (Å²) in [6.45, 7) is 2.85. The lowest BCUT2D eigenvalue weighted by Crippen LogP contribution is -2.47. The third kappa shape index (κ3) is 4.67. The van der Waals surface area contributed by atoms with Crippen LogP contribution in [0.1, 0.15) is 65.8 Å². The highest BCUT2D eigenvalue weighted by atomic mass is 16.6. The summed E-state index contributed by atoms with van der Waals surface area (Å²) in [5, 5.41) is 13.7. The van der Waals surface area contributed by atoms with Crippen LogP contribution in [0.15, 0.2) is 66.7 Å². The maximum Gasteiger partial charge on any atom is 0.329 e. The number of anilines is 1. The first-order chi connectivity index (χ1) is 20.7. The number of nitrogens with zero attached hydrogens (tertiary/aromatic N) is 2. The van der Waals surface area contributed by atoms with Crippen molar-refractivity contribution in [3.8, 4) is 0 Å². The van der Waals surface area contributed by atoms with E-state index in [-0.39, 0.29) is 41.4 Å². The smallest absolute Gasteiger partial charge is 0.329 e. The number of hydrogen-bond donors (Lipinski definition) is 1. The fourth-order valence-electron chi connectivity index (χ4n) is 7.07. The van der Waals surface area contributed by atoms with Crippen LogP contribution in [-0.4, -0.2) is 46.2 Å². The van der Waals surface area contributed by atoms with Crippen LogP contribution < -0.4 is 5.32 Å². The van der Waals surface area contributed by atoms with Crippen molar-refractivity contribution in [1.29, 1.82) is 0 Å². The third-order valence-corrected chi connectivity index (χ3v) is 8.93. The lowest BCUT2D eigenvalue weighted by molar-refractivity contribution is -0.385. The molecular weight excluding hydrogens is 550 g/mol. The van der Waals surface area contributed by atoms with Crippen LogP contribution in [0.3, 0.4) is 0 Å². The molecule has 3 aromatic carbocycles. The van der Waals surface area contributed by atoms with E-state index in [1.54, 1.807) is 6.92 Å². The first-order valence-electron chi connectivity index (χ1n) is 14.5. The fourth-order valence-corrected chi connectivity index (χ4v) is 7.07. The molecule has 10 heteroatoms. The highest BCUT2D eigenvalue weighted by molar-refractivity contribution is 6.10. The summed E-state index contributed by atoms with van der Waals surface area (Å²) in [5.74, 6) is -4.14. The van der Waals surface area contributed by atoms with Crippen molar-refractivity contribution in [2.45, 2.75) is 51.0 Å². The number of nitro groups is 1. The summed E-state index contributed by atoms with van der Waals surface area (Å²) in [4.78, 5) is 66.1. The maximum atomic E-state index is 14.1. The molecule has 1 saturated heterocycles. The van der Waals surface area contributed by atoms with E-state index in [9.17, 15) is 29.3 Å². The van der Waals surface area contributed by atoms with Gasteiger partial charge in [-0.15, -0.1) is 0 Å². The average molecular weight is 582 g/mol. The zero-order valence-electron chi connectivity index (χ0n) is 23.8. The molecule has 220 valence electrons. The molecule has 3 atom stereocenters. The van der Waals surface area contributed by atoms with E-state index in [1.165, 1.54) is 18.2 Å². The van der Waals surface area contributed by atoms with Crippen molar-refractivity contribution in [2.24, 2.45) is 11.8 Å². The van der Waals surface area contributed by atoms with Gasteiger partial charge in [0.2, 0.25) is 11.8 Å². The Balaban J connectivity index is 1.23. The molecule has 1 fully saturated rings. The van der Waals surface area contributed by atoms with Crippen LogP contribution in [0.25, 0.3) is 0 Å². The molecule has 0 unspecified atom stereocenters. The molecule has 10 nitrogen and oxygen atoms in total. The topological polar surface area (TPSA) is 136 Å². The first kappa shape index (κ1) is 28.3. The fraction of sp³-hybridized carbons (Fsp3) is 0.333. The number of imide groups is 1. The number of unbranched alkanes of at least 4 members (excludes halogenated alkanes) is 1. The van der Waals surface area contributed by atoms with Gasteiger partial charge in [0.05, 0.1) is 16.8 Å². The Morgan fingerprint density at radius 1 is 0.930 bits per heavy atom. The summed E-state index contributed by atoms with van der Waals surface area (Å²) < 4.78 is 5.36. The van der Waals surface area contributed by atoms with E-state index in [4.69, 9.17) is 4.74 Å². The van der Waals surface area contributed by atoms with Gasteiger partial charge in [0.1, 0.15) is 6.04 Å². The Kier molecular flexibility index (Phi) is 7.29. The second-order valence-electron chi connectivity index (χ2n) is 11.4.